The number of nitrogens with zero attached hydrogens (tertiary/aromatic N) is 3. The quantitative estimate of drug-likeness (QED) is 0.441. The maximum Gasteiger partial charge on any atom is 0.331 e. The number of nitro benzene ring substituents is 1. The summed E-state index contributed by atoms with van der Waals surface area (Å²) in [5.74, 6) is -1.28. The number of ether oxygens (including phenoxy) is 1. The van der Waals surface area contributed by atoms with Crippen molar-refractivity contribution in [2.45, 2.75) is 58.4 Å². The lowest BCUT2D eigenvalue weighted by Crippen LogP contribution is -2.76. The van der Waals surface area contributed by atoms with Crippen LogP contribution in [-0.2, 0) is 20.7 Å². The molecular formula is C20H24N4O6. The largest absolute Gasteiger partial charge is 0.372 e. The number of nitrogens with one attached hydrogen (secondary N) is 1. The highest BCUT2D eigenvalue weighted by Crippen LogP contribution is 2.48. The Morgan fingerprint density at radius 2 is 1.97 bits per heavy atom. The fourth-order valence-electron chi connectivity index (χ4n) is 5.11. The molecule has 3 aliphatic heterocycles. The number of hydrogen-bond acceptors (Lipinski definition) is 7. The van der Waals surface area contributed by atoms with Gasteiger partial charge in [0.15, 0.2) is 5.41 Å². The van der Waals surface area contributed by atoms with Gasteiger partial charge >= 0.3 is 6.03 Å². The summed E-state index contributed by atoms with van der Waals surface area (Å²) in [6.45, 7) is 7.51. The van der Waals surface area contributed by atoms with Crippen LogP contribution in [0.5, 0.6) is 0 Å². The van der Waals surface area contributed by atoms with E-state index in [1.54, 1.807) is 19.9 Å². The molecule has 160 valence electrons. The van der Waals surface area contributed by atoms with Crippen LogP contribution >= 0.6 is 0 Å². The van der Waals surface area contributed by atoms with Gasteiger partial charge in [-0.1, -0.05) is 0 Å². The van der Waals surface area contributed by atoms with Crippen molar-refractivity contribution in [1.82, 2.24) is 10.2 Å². The molecule has 4 amide bonds. The number of amides is 4. The number of carbonyl (C=O) groups is 3. The van der Waals surface area contributed by atoms with Gasteiger partial charge in [0.25, 0.3) is 5.69 Å². The molecule has 0 bridgehead atoms. The van der Waals surface area contributed by atoms with Crippen LogP contribution in [0.15, 0.2) is 18.2 Å². The summed E-state index contributed by atoms with van der Waals surface area (Å²) < 4.78 is 5.99. The van der Waals surface area contributed by atoms with Crippen molar-refractivity contribution in [3.05, 3.63) is 33.9 Å². The van der Waals surface area contributed by atoms with E-state index in [0.29, 0.717) is 12.1 Å². The molecule has 1 aromatic carbocycles. The zero-order chi connectivity index (χ0) is 22.0. The van der Waals surface area contributed by atoms with Gasteiger partial charge in [-0.15, -0.1) is 0 Å². The smallest absolute Gasteiger partial charge is 0.331 e. The Balaban J connectivity index is 1.94. The zero-order valence-electron chi connectivity index (χ0n) is 17.2. The molecular weight excluding hydrogens is 392 g/mol. The topological polar surface area (TPSA) is 122 Å². The van der Waals surface area contributed by atoms with E-state index in [9.17, 15) is 24.5 Å². The Hall–Kier alpha value is -3.01. The molecule has 10 heteroatoms. The van der Waals surface area contributed by atoms with Crippen LogP contribution in [0.4, 0.5) is 16.2 Å². The molecule has 0 aromatic heterocycles. The lowest BCUT2D eigenvalue weighted by molar-refractivity contribution is -0.384. The van der Waals surface area contributed by atoms with E-state index in [4.69, 9.17) is 4.74 Å². The average molecular weight is 416 g/mol. The highest BCUT2D eigenvalue weighted by molar-refractivity contribution is 6.20. The van der Waals surface area contributed by atoms with Crippen molar-refractivity contribution in [2.75, 3.05) is 11.4 Å². The normalized spacial score (nSPS) is 31.0. The molecule has 3 aliphatic rings. The number of fused-ring (bicyclic) bond motifs is 4. The minimum Gasteiger partial charge on any atom is -0.372 e. The third-order valence-electron chi connectivity index (χ3n) is 6.20. The van der Waals surface area contributed by atoms with Crippen LogP contribution in [0.25, 0.3) is 0 Å². The first-order chi connectivity index (χ1) is 14.1. The van der Waals surface area contributed by atoms with Crippen molar-refractivity contribution < 1.29 is 24.0 Å². The van der Waals surface area contributed by atoms with Crippen LogP contribution < -0.4 is 10.2 Å². The summed E-state index contributed by atoms with van der Waals surface area (Å²) in [7, 11) is 0. The summed E-state index contributed by atoms with van der Waals surface area (Å²) in [4.78, 5) is 53.2. The number of rotatable bonds is 2. The number of morpholine rings is 1. The maximum absolute atomic E-state index is 13.7. The summed E-state index contributed by atoms with van der Waals surface area (Å²) in [6.07, 6.45) is -0.693. The third kappa shape index (κ3) is 2.70. The van der Waals surface area contributed by atoms with E-state index in [2.05, 4.69) is 5.32 Å². The number of barbiturate groups is 1. The average Bonchev–Trinajstić information content (AvgIpc) is 2.64. The van der Waals surface area contributed by atoms with Gasteiger partial charge in [0, 0.05) is 36.8 Å². The Morgan fingerprint density at radius 1 is 1.27 bits per heavy atom. The third-order valence-corrected chi connectivity index (χ3v) is 6.20. The number of hydrogen-bond donors (Lipinski definition) is 1. The van der Waals surface area contributed by atoms with E-state index < -0.39 is 46.4 Å². The van der Waals surface area contributed by atoms with Gasteiger partial charge in [0.05, 0.1) is 23.2 Å². The highest BCUT2D eigenvalue weighted by atomic mass is 16.6. The van der Waals surface area contributed by atoms with E-state index in [1.165, 1.54) is 12.1 Å². The number of carbonyl (C=O) groups excluding carboxylic acids is 3. The zero-order valence-corrected chi connectivity index (χ0v) is 17.2. The van der Waals surface area contributed by atoms with Crippen molar-refractivity contribution in [3.8, 4) is 0 Å². The van der Waals surface area contributed by atoms with E-state index in [0.717, 1.165) is 10.6 Å². The fraction of sp³-hybridized carbons (Fsp3) is 0.550. The van der Waals surface area contributed by atoms with Gasteiger partial charge in [0.1, 0.15) is 0 Å². The first kappa shape index (κ1) is 20.3. The van der Waals surface area contributed by atoms with Gasteiger partial charge in [-0.05, 0) is 39.3 Å². The van der Waals surface area contributed by atoms with Crippen LogP contribution in [0.2, 0.25) is 0 Å². The van der Waals surface area contributed by atoms with E-state index in [1.807, 2.05) is 18.7 Å². The molecule has 3 heterocycles. The SMILES string of the molecule is CC(C)N1C(=O)NC(=O)[C@]2(Cc3cc([N+](=O)[O-])ccc3N3C[C@@H](C)O[C@H](C)[C@H]32)C1=O. The van der Waals surface area contributed by atoms with Crippen LogP contribution in [0.1, 0.15) is 33.3 Å². The Morgan fingerprint density at radius 3 is 2.60 bits per heavy atom. The van der Waals surface area contributed by atoms with Gasteiger partial charge in [0.2, 0.25) is 11.8 Å². The second-order valence-corrected chi connectivity index (χ2v) is 8.50. The first-order valence-electron chi connectivity index (χ1n) is 9.96. The first-order valence-corrected chi connectivity index (χ1v) is 9.96. The lowest BCUT2D eigenvalue weighted by atomic mass is 9.66. The second-order valence-electron chi connectivity index (χ2n) is 8.50. The monoisotopic (exact) mass is 416 g/mol. The molecule has 0 radical (unpaired) electrons. The van der Waals surface area contributed by atoms with Crippen LogP contribution in [0.3, 0.4) is 0 Å². The molecule has 2 fully saturated rings. The van der Waals surface area contributed by atoms with E-state index >= 15 is 0 Å². The van der Waals surface area contributed by atoms with Crippen LogP contribution in [0, 0.1) is 15.5 Å². The Labute approximate surface area is 173 Å². The number of anilines is 1. The summed E-state index contributed by atoms with van der Waals surface area (Å²) in [5, 5.41) is 13.7. The summed E-state index contributed by atoms with van der Waals surface area (Å²) >= 11 is 0. The molecule has 30 heavy (non-hydrogen) atoms. The van der Waals surface area contributed by atoms with Gasteiger partial charge in [-0.2, -0.15) is 0 Å². The number of urea groups is 1. The summed E-state index contributed by atoms with van der Waals surface area (Å²) in [6, 6.07) is 2.64. The van der Waals surface area contributed by atoms with Gasteiger partial charge < -0.3 is 9.64 Å². The number of benzene rings is 1. The summed E-state index contributed by atoms with van der Waals surface area (Å²) in [5.41, 5.74) is -0.466. The minimum absolute atomic E-state index is 0.0472. The molecule has 4 atom stereocenters. The van der Waals surface area contributed by atoms with Crippen molar-refractivity contribution >= 4 is 29.2 Å². The Kier molecular flexibility index (Phi) is 4.57. The molecule has 0 aliphatic carbocycles. The highest BCUT2D eigenvalue weighted by Gasteiger charge is 2.64. The molecule has 4 rings (SSSR count). The molecule has 2 saturated heterocycles. The van der Waals surface area contributed by atoms with Crippen LogP contribution in [-0.4, -0.2) is 58.5 Å². The second kappa shape index (κ2) is 6.76. The Bertz CT molecular complexity index is 963. The van der Waals surface area contributed by atoms with Gasteiger partial charge in [-0.25, -0.2) is 4.79 Å². The fourth-order valence-corrected chi connectivity index (χ4v) is 5.11. The predicted octanol–water partition coefficient (Wildman–Crippen LogP) is 1.61. The minimum atomic E-state index is -1.63. The molecule has 1 aromatic rings. The lowest BCUT2D eigenvalue weighted by Gasteiger charge is -2.56. The van der Waals surface area contributed by atoms with Crippen molar-refractivity contribution in [2.24, 2.45) is 5.41 Å². The number of imide groups is 2. The molecule has 1 spiro atoms. The number of nitro groups is 1. The van der Waals surface area contributed by atoms with Crippen molar-refractivity contribution in [1.29, 1.82) is 0 Å². The molecule has 10 nitrogen and oxygen atoms in total. The van der Waals surface area contributed by atoms with E-state index in [-0.39, 0.29) is 18.2 Å². The van der Waals surface area contributed by atoms with Gasteiger partial charge in [-0.3, -0.25) is 29.9 Å². The number of non-ortho nitro benzene ring substituents is 1. The maximum atomic E-state index is 13.7. The van der Waals surface area contributed by atoms with Crippen molar-refractivity contribution in [3.63, 3.8) is 0 Å². The standard InChI is InChI=1S/C20H24N4O6/c1-10(2)23-18(26)20(17(25)21-19(23)27)8-13-7-14(24(28)29)5-6-15(13)22-9-11(3)30-12(4)16(20)22/h5-7,10-12,16H,8-9H2,1-4H3,(H,21,25,27)/t11-,12-,16+,20-/m1/s1. The molecule has 0 saturated carbocycles. The molecule has 1 N–H and O–H groups in total. The predicted molar refractivity (Wildman–Crippen MR) is 106 cm³/mol. The molecule has 0 unspecified atom stereocenters.